The predicted molar refractivity (Wildman–Crippen MR) is 63.0 cm³/mol. The zero-order valence-electron chi connectivity index (χ0n) is 8.94. The van der Waals surface area contributed by atoms with Crippen LogP contribution in [0.1, 0.15) is 5.56 Å². The molecule has 0 saturated carbocycles. The van der Waals surface area contributed by atoms with Gasteiger partial charge in [-0.2, -0.15) is 0 Å². The minimum atomic E-state index is -0.485. The molecule has 0 aliphatic carbocycles. The fourth-order valence-electron chi connectivity index (χ4n) is 1.52. The lowest BCUT2D eigenvalue weighted by Gasteiger charge is -2.34. The average Bonchev–Trinajstić information content (AvgIpc) is 2.26. The molecule has 0 radical (unpaired) electrons. The Balaban J connectivity index is 2.00. The highest BCUT2D eigenvalue weighted by Crippen LogP contribution is 2.17. The van der Waals surface area contributed by atoms with Crippen molar-refractivity contribution in [2.45, 2.75) is 6.10 Å². The van der Waals surface area contributed by atoms with Crippen LogP contribution in [0.25, 0.3) is 6.08 Å². The largest absolute Gasteiger partial charge is 0.389 e. The summed E-state index contributed by atoms with van der Waals surface area (Å²) in [4.78, 5) is 13.0. The molecule has 90 valence electrons. The van der Waals surface area contributed by atoms with Crippen molar-refractivity contribution >= 4 is 23.6 Å². The lowest BCUT2D eigenvalue weighted by Crippen LogP contribution is -2.52. The molecule has 1 saturated heterocycles. The quantitative estimate of drug-likeness (QED) is 0.817. The Kier molecular flexibility index (Phi) is 3.45. The maximum absolute atomic E-state index is 12.9. The Morgan fingerprint density at radius 2 is 2.24 bits per heavy atom. The molecule has 3 nitrogen and oxygen atoms in total. The molecule has 1 N–H and O–H groups in total. The molecule has 1 fully saturated rings. The van der Waals surface area contributed by atoms with Gasteiger partial charge in [-0.15, -0.1) is 0 Å². The second-order valence-electron chi connectivity index (χ2n) is 3.90. The normalized spacial score (nSPS) is 16.3. The van der Waals surface area contributed by atoms with Crippen LogP contribution in [0.4, 0.5) is 4.39 Å². The van der Waals surface area contributed by atoms with Crippen LogP contribution in [0, 0.1) is 5.82 Å². The first-order chi connectivity index (χ1) is 8.06. The van der Waals surface area contributed by atoms with Gasteiger partial charge in [0.2, 0.25) is 5.91 Å². The second kappa shape index (κ2) is 4.85. The molecule has 1 amide bonds. The highest BCUT2D eigenvalue weighted by Gasteiger charge is 2.26. The van der Waals surface area contributed by atoms with Crippen molar-refractivity contribution in [3.05, 3.63) is 40.7 Å². The van der Waals surface area contributed by atoms with Crippen molar-refractivity contribution < 1.29 is 14.3 Å². The van der Waals surface area contributed by atoms with Crippen molar-refractivity contribution in [3.8, 4) is 0 Å². The SMILES string of the molecule is O=C(C=Cc1ccc(F)c(Cl)c1)N1CC(O)C1. The van der Waals surface area contributed by atoms with E-state index in [0.717, 1.165) is 0 Å². The number of β-amino-alcohol motifs (C(OH)–C–C–N with tert-alkyl or cyclic N) is 1. The minimum absolute atomic E-state index is 0.0268. The number of aliphatic hydroxyl groups excluding tert-OH is 1. The number of halogens is 2. The average molecular weight is 256 g/mol. The van der Waals surface area contributed by atoms with E-state index < -0.39 is 11.9 Å². The van der Waals surface area contributed by atoms with E-state index in [1.165, 1.54) is 29.2 Å². The van der Waals surface area contributed by atoms with Gasteiger partial charge in [0.1, 0.15) is 5.82 Å². The lowest BCUT2D eigenvalue weighted by atomic mass is 10.1. The monoisotopic (exact) mass is 255 g/mol. The van der Waals surface area contributed by atoms with Gasteiger partial charge in [0.25, 0.3) is 0 Å². The summed E-state index contributed by atoms with van der Waals surface area (Å²) in [7, 11) is 0. The van der Waals surface area contributed by atoms with Crippen molar-refractivity contribution in [1.29, 1.82) is 0 Å². The van der Waals surface area contributed by atoms with Gasteiger partial charge >= 0.3 is 0 Å². The third kappa shape index (κ3) is 2.84. The summed E-state index contributed by atoms with van der Waals surface area (Å²) in [5.41, 5.74) is 0.658. The molecule has 0 spiro atoms. The number of amides is 1. The Morgan fingerprint density at radius 1 is 1.53 bits per heavy atom. The number of carbonyl (C=O) groups excluding carboxylic acids is 1. The third-order valence-electron chi connectivity index (χ3n) is 2.54. The van der Waals surface area contributed by atoms with Crippen LogP contribution in [-0.2, 0) is 4.79 Å². The summed E-state index contributed by atoms with van der Waals surface area (Å²) < 4.78 is 12.9. The van der Waals surface area contributed by atoms with Crippen LogP contribution in [0.15, 0.2) is 24.3 Å². The summed E-state index contributed by atoms with van der Waals surface area (Å²) in [6.45, 7) is 0.737. The van der Waals surface area contributed by atoms with Crippen LogP contribution in [-0.4, -0.2) is 35.1 Å². The van der Waals surface area contributed by atoms with Gasteiger partial charge in [0.15, 0.2) is 0 Å². The van der Waals surface area contributed by atoms with Crippen molar-refractivity contribution in [1.82, 2.24) is 4.90 Å². The maximum atomic E-state index is 12.9. The molecule has 1 aliphatic heterocycles. The number of nitrogens with zero attached hydrogens (tertiary/aromatic N) is 1. The van der Waals surface area contributed by atoms with E-state index in [1.807, 2.05) is 0 Å². The number of likely N-dealkylation sites (tertiary alicyclic amines) is 1. The standard InChI is InChI=1S/C12H11ClFNO2/c13-10-5-8(1-3-11(10)14)2-4-12(17)15-6-9(16)7-15/h1-5,9,16H,6-7H2. The van der Waals surface area contributed by atoms with Crippen molar-refractivity contribution in [2.24, 2.45) is 0 Å². The molecular formula is C12H11ClFNO2. The topological polar surface area (TPSA) is 40.5 Å². The van der Waals surface area contributed by atoms with Crippen LogP contribution in [0.3, 0.4) is 0 Å². The van der Waals surface area contributed by atoms with Gasteiger partial charge < -0.3 is 10.0 Å². The lowest BCUT2D eigenvalue weighted by molar-refractivity contribution is -0.135. The van der Waals surface area contributed by atoms with E-state index in [1.54, 1.807) is 6.08 Å². The number of aliphatic hydroxyl groups is 1. The number of hydrogen-bond donors (Lipinski definition) is 1. The Hall–Kier alpha value is -1.39. The highest BCUT2D eigenvalue weighted by atomic mass is 35.5. The fourth-order valence-corrected chi connectivity index (χ4v) is 1.71. The van der Waals surface area contributed by atoms with Gasteiger partial charge in [-0.1, -0.05) is 17.7 Å². The van der Waals surface area contributed by atoms with Crippen molar-refractivity contribution in [3.63, 3.8) is 0 Å². The summed E-state index contributed by atoms with van der Waals surface area (Å²) in [6, 6.07) is 4.24. The molecule has 0 unspecified atom stereocenters. The van der Waals surface area contributed by atoms with Crippen LogP contribution >= 0.6 is 11.6 Å². The molecule has 5 heteroatoms. The zero-order chi connectivity index (χ0) is 12.4. The summed E-state index contributed by atoms with van der Waals surface area (Å²) >= 11 is 5.61. The molecule has 1 heterocycles. The first-order valence-electron chi connectivity index (χ1n) is 5.16. The Bertz CT molecular complexity index is 470. The summed E-state index contributed by atoms with van der Waals surface area (Å²) in [5, 5.41) is 9.07. The van der Waals surface area contributed by atoms with E-state index in [2.05, 4.69) is 0 Å². The van der Waals surface area contributed by atoms with Gasteiger partial charge in [-0.3, -0.25) is 4.79 Å². The maximum Gasteiger partial charge on any atom is 0.246 e. The third-order valence-corrected chi connectivity index (χ3v) is 2.83. The van der Waals surface area contributed by atoms with Crippen LogP contribution < -0.4 is 0 Å². The molecule has 2 rings (SSSR count). The molecule has 1 aromatic carbocycles. The van der Waals surface area contributed by atoms with Gasteiger partial charge in [0, 0.05) is 19.2 Å². The molecule has 1 aliphatic rings. The van der Waals surface area contributed by atoms with Crippen molar-refractivity contribution in [2.75, 3.05) is 13.1 Å². The first-order valence-corrected chi connectivity index (χ1v) is 5.54. The molecule has 0 bridgehead atoms. The molecule has 0 aromatic heterocycles. The second-order valence-corrected chi connectivity index (χ2v) is 4.31. The van der Waals surface area contributed by atoms with E-state index >= 15 is 0 Å². The zero-order valence-corrected chi connectivity index (χ0v) is 9.69. The first kappa shape index (κ1) is 12.1. The van der Waals surface area contributed by atoms with Gasteiger partial charge in [0.05, 0.1) is 11.1 Å². The molecule has 17 heavy (non-hydrogen) atoms. The summed E-state index contributed by atoms with van der Waals surface area (Å²) in [5.74, 6) is -0.656. The minimum Gasteiger partial charge on any atom is -0.389 e. The van der Waals surface area contributed by atoms with Gasteiger partial charge in [-0.25, -0.2) is 4.39 Å². The number of benzene rings is 1. The van der Waals surface area contributed by atoms with E-state index in [0.29, 0.717) is 18.7 Å². The van der Waals surface area contributed by atoms with Crippen LogP contribution in [0.2, 0.25) is 5.02 Å². The van der Waals surface area contributed by atoms with Crippen LogP contribution in [0.5, 0.6) is 0 Å². The van der Waals surface area contributed by atoms with E-state index in [9.17, 15) is 9.18 Å². The number of carbonyl (C=O) groups is 1. The predicted octanol–water partition coefficient (Wildman–Crippen LogP) is 1.70. The van der Waals surface area contributed by atoms with Gasteiger partial charge in [-0.05, 0) is 23.8 Å². The number of hydrogen-bond acceptors (Lipinski definition) is 2. The fraction of sp³-hybridized carbons (Fsp3) is 0.250. The number of rotatable bonds is 2. The summed E-state index contributed by atoms with van der Waals surface area (Å²) in [6.07, 6.45) is 2.54. The highest BCUT2D eigenvalue weighted by molar-refractivity contribution is 6.30. The Labute approximate surface area is 103 Å². The molecule has 1 aromatic rings. The Morgan fingerprint density at radius 3 is 2.82 bits per heavy atom. The molecule has 0 atom stereocenters. The van der Waals surface area contributed by atoms with E-state index in [4.69, 9.17) is 16.7 Å². The smallest absolute Gasteiger partial charge is 0.246 e. The van der Waals surface area contributed by atoms with E-state index in [-0.39, 0.29) is 10.9 Å². The molecular weight excluding hydrogens is 245 g/mol.